The molecular formula is C40H44Cl2N5O5+. The number of amides is 2. The Morgan fingerprint density at radius 2 is 1.54 bits per heavy atom. The third kappa shape index (κ3) is 8.19. The van der Waals surface area contributed by atoms with Gasteiger partial charge in [0.1, 0.15) is 17.2 Å². The van der Waals surface area contributed by atoms with Gasteiger partial charge in [-0.1, -0.05) is 89.0 Å². The summed E-state index contributed by atoms with van der Waals surface area (Å²) in [5, 5.41) is 8.91. The van der Waals surface area contributed by atoms with Crippen molar-refractivity contribution in [2.24, 2.45) is 0 Å². The monoisotopic (exact) mass is 744 g/mol. The molecule has 2 heterocycles. The third-order valence-electron chi connectivity index (χ3n) is 9.55. The Morgan fingerprint density at radius 1 is 0.865 bits per heavy atom. The molecule has 0 aliphatic rings. The summed E-state index contributed by atoms with van der Waals surface area (Å²) in [5.74, 6) is 0.255. The van der Waals surface area contributed by atoms with Crippen molar-refractivity contribution in [2.75, 3.05) is 24.4 Å². The van der Waals surface area contributed by atoms with Crippen molar-refractivity contribution in [3.8, 4) is 22.9 Å². The number of hydrogen-bond acceptors (Lipinski definition) is 5. The number of methoxy groups -OCH3 is 1. The number of aromatic amines is 1. The number of benzene rings is 3. The Bertz CT molecular complexity index is 2130. The molecule has 0 saturated carbocycles. The molecule has 0 aliphatic carbocycles. The summed E-state index contributed by atoms with van der Waals surface area (Å²) in [6, 6.07) is 21.1. The van der Waals surface area contributed by atoms with Gasteiger partial charge in [-0.2, -0.15) is 4.57 Å². The first-order chi connectivity index (χ1) is 24.7. The van der Waals surface area contributed by atoms with E-state index in [-0.39, 0.29) is 56.1 Å². The molecule has 5 aromatic rings. The van der Waals surface area contributed by atoms with E-state index in [1.54, 1.807) is 59.4 Å². The lowest BCUT2D eigenvalue weighted by atomic mass is 9.76. The lowest BCUT2D eigenvalue weighted by Crippen LogP contribution is -2.37. The molecule has 0 radical (unpaired) electrons. The fourth-order valence-corrected chi connectivity index (χ4v) is 6.23. The van der Waals surface area contributed by atoms with Gasteiger partial charge in [-0.15, -0.1) is 0 Å². The van der Waals surface area contributed by atoms with Gasteiger partial charge >= 0.3 is 11.2 Å². The van der Waals surface area contributed by atoms with Gasteiger partial charge in [0.25, 0.3) is 11.8 Å². The molecular weight excluding hydrogens is 701 g/mol. The maximum absolute atomic E-state index is 13.8. The van der Waals surface area contributed by atoms with Crippen molar-refractivity contribution in [1.29, 1.82) is 0 Å². The van der Waals surface area contributed by atoms with E-state index in [0.29, 0.717) is 17.2 Å². The van der Waals surface area contributed by atoms with Crippen molar-refractivity contribution in [2.45, 2.75) is 65.2 Å². The van der Waals surface area contributed by atoms with E-state index in [0.717, 1.165) is 23.1 Å². The first-order valence-corrected chi connectivity index (χ1v) is 17.8. The number of aromatic nitrogens is 3. The van der Waals surface area contributed by atoms with Crippen LogP contribution in [0, 0.1) is 0 Å². The van der Waals surface area contributed by atoms with Crippen molar-refractivity contribution in [3.63, 3.8) is 0 Å². The minimum absolute atomic E-state index is 0.00496. The molecule has 2 aromatic heterocycles. The molecule has 0 aliphatic heterocycles. The number of nitrogens with one attached hydrogen (secondary N) is 3. The van der Waals surface area contributed by atoms with Crippen molar-refractivity contribution >= 4 is 46.5 Å². The van der Waals surface area contributed by atoms with Crippen molar-refractivity contribution < 1.29 is 23.6 Å². The molecule has 0 bridgehead atoms. The Balaban J connectivity index is 1.37. The number of halogens is 2. The van der Waals surface area contributed by atoms with E-state index in [2.05, 4.69) is 69.4 Å². The number of hydrogen-bond donors (Lipinski definition) is 3. The zero-order valence-electron chi connectivity index (χ0n) is 30.4. The van der Waals surface area contributed by atoms with Crippen LogP contribution in [0.25, 0.3) is 11.4 Å². The quantitative estimate of drug-likeness (QED) is 0.105. The average molecular weight is 746 g/mol. The molecule has 10 nitrogen and oxygen atoms in total. The molecule has 52 heavy (non-hydrogen) atoms. The number of pyridine rings is 1. The molecule has 0 saturated heterocycles. The van der Waals surface area contributed by atoms with Gasteiger partial charge in [-0.3, -0.25) is 19.5 Å². The van der Waals surface area contributed by atoms with Gasteiger partial charge in [0, 0.05) is 41.1 Å². The highest BCUT2D eigenvalue weighted by atomic mass is 35.5. The van der Waals surface area contributed by atoms with Crippen molar-refractivity contribution in [3.05, 3.63) is 122 Å². The standard InChI is InChI=1S/C40H43Cl2N5O5/c1-8-39(3,4)26-16-17-32(29(21-26)40(5,6)9-2)52-24-33(48)43-27-15-13-14-25(20-27)37(49)44-36-35(46-18-11-10-12-19-46)38(50)47(45-36)34-30(41)22-28(51-7)23-31(34)42/h10-23H,8-9,24H2,1-7H3,(H2-,43,44,45,48,49,50)/p+1. The molecule has 0 unspecified atom stereocenters. The summed E-state index contributed by atoms with van der Waals surface area (Å²) < 4.78 is 14.1. The Morgan fingerprint density at radius 3 is 2.17 bits per heavy atom. The summed E-state index contributed by atoms with van der Waals surface area (Å²) >= 11 is 13.1. The predicted octanol–water partition coefficient (Wildman–Crippen LogP) is 8.40. The molecule has 3 aromatic carbocycles. The summed E-state index contributed by atoms with van der Waals surface area (Å²) in [6.45, 7) is 12.9. The van der Waals surface area contributed by atoms with Gasteiger partial charge in [-0.05, 0) is 53.5 Å². The number of ether oxygens (including phenoxy) is 2. The largest absolute Gasteiger partial charge is 0.497 e. The first-order valence-electron chi connectivity index (χ1n) is 17.0. The predicted molar refractivity (Wildman–Crippen MR) is 206 cm³/mol. The molecule has 272 valence electrons. The van der Waals surface area contributed by atoms with Crippen molar-refractivity contribution in [1.82, 2.24) is 9.78 Å². The lowest BCUT2D eigenvalue weighted by molar-refractivity contribution is -0.595. The van der Waals surface area contributed by atoms with Crippen LogP contribution in [-0.2, 0) is 15.6 Å². The van der Waals surface area contributed by atoms with Crippen LogP contribution >= 0.6 is 23.2 Å². The number of H-pyrrole nitrogens is 1. The van der Waals surface area contributed by atoms with Crippen LogP contribution in [0.1, 0.15) is 75.9 Å². The molecule has 2 amide bonds. The van der Waals surface area contributed by atoms with E-state index in [4.69, 9.17) is 32.7 Å². The summed E-state index contributed by atoms with van der Waals surface area (Å²) in [4.78, 5) is 40.6. The molecule has 12 heteroatoms. The minimum Gasteiger partial charge on any atom is -0.497 e. The fourth-order valence-electron chi connectivity index (χ4n) is 5.60. The molecule has 0 fully saturated rings. The fraction of sp³-hybridized carbons (Fsp3) is 0.300. The first kappa shape index (κ1) is 38.2. The van der Waals surface area contributed by atoms with Gasteiger partial charge in [0.2, 0.25) is 5.82 Å². The Hall–Kier alpha value is -5.06. The van der Waals surface area contributed by atoms with Gasteiger partial charge in [0.05, 0.1) is 17.2 Å². The number of carbonyl (C=O) groups excluding carboxylic acids is 2. The normalized spacial score (nSPS) is 11.6. The van der Waals surface area contributed by atoms with E-state index < -0.39 is 11.5 Å². The number of rotatable bonds is 13. The van der Waals surface area contributed by atoms with Crippen LogP contribution < -0.4 is 30.2 Å². The smallest absolute Gasteiger partial charge is 0.346 e. The zero-order valence-corrected chi connectivity index (χ0v) is 31.9. The Kier molecular flexibility index (Phi) is 11.5. The third-order valence-corrected chi connectivity index (χ3v) is 10.1. The molecule has 3 N–H and O–H groups in total. The lowest BCUT2D eigenvalue weighted by Gasteiger charge is -2.30. The molecule has 0 atom stereocenters. The average Bonchev–Trinajstić information content (AvgIpc) is 3.44. The van der Waals surface area contributed by atoms with E-state index in [9.17, 15) is 14.4 Å². The van der Waals surface area contributed by atoms with Gasteiger partial charge in [0.15, 0.2) is 19.0 Å². The minimum atomic E-state index is -0.535. The molecule has 0 spiro atoms. The van der Waals surface area contributed by atoms with Crippen LogP contribution in [0.4, 0.5) is 11.5 Å². The highest BCUT2D eigenvalue weighted by molar-refractivity contribution is 6.38. The molecule has 5 rings (SSSR count). The second-order valence-electron chi connectivity index (χ2n) is 13.8. The van der Waals surface area contributed by atoms with Crippen LogP contribution in [0.3, 0.4) is 0 Å². The van der Waals surface area contributed by atoms with E-state index in [1.165, 1.54) is 24.8 Å². The maximum Gasteiger partial charge on any atom is 0.346 e. The van der Waals surface area contributed by atoms with E-state index in [1.807, 2.05) is 6.07 Å². The van der Waals surface area contributed by atoms with Crippen LogP contribution in [0.15, 0.2) is 90.0 Å². The van der Waals surface area contributed by atoms with Gasteiger partial charge in [-0.25, -0.2) is 4.68 Å². The summed E-state index contributed by atoms with van der Waals surface area (Å²) in [5.41, 5.74) is 2.54. The SMILES string of the molecule is CCC(C)(C)c1ccc(OCC(=O)Nc2cccc(C(=O)Nc3[nH]n(-c4c(Cl)cc(OC)cc4Cl)c(=O)c3-[n+]3ccccc3)c2)c(C(C)(C)CC)c1. The number of nitrogens with zero attached hydrogens (tertiary/aromatic N) is 2. The number of carbonyl (C=O) groups is 2. The second-order valence-corrected chi connectivity index (χ2v) is 14.6. The maximum atomic E-state index is 13.8. The highest BCUT2D eigenvalue weighted by Crippen LogP contribution is 2.38. The Labute approximate surface area is 313 Å². The van der Waals surface area contributed by atoms with E-state index >= 15 is 0 Å². The summed E-state index contributed by atoms with van der Waals surface area (Å²) in [6.07, 6.45) is 5.23. The van der Waals surface area contributed by atoms with Crippen LogP contribution in [0.2, 0.25) is 10.0 Å². The van der Waals surface area contributed by atoms with Gasteiger partial charge < -0.3 is 20.1 Å². The van der Waals surface area contributed by atoms with Crippen LogP contribution in [0.5, 0.6) is 11.5 Å². The topological polar surface area (TPSA) is 118 Å². The second kappa shape index (κ2) is 15.7. The number of anilines is 2. The zero-order chi connectivity index (χ0) is 37.8. The summed E-state index contributed by atoms with van der Waals surface area (Å²) in [7, 11) is 1.48. The van der Waals surface area contributed by atoms with Crippen LogP contribution in [-0.4, -0.2) is 35.3 Å². The highest BCUT2D eigenvalue weighted by Gasteiger charge is 2.29.